The topological polar surface area (TPSA) is 38.7 Å². The molecule has 0 N–H and O–H groups in total. The van der Waals surface area contributed by atoms with Crippen LogP contribution in [0.1, 0.15) is 18.3 Å². The first-order valence-electron chi connectivity index (χ1n) is 5.16. The first kappa shape index (κ1) is 11.0. The SMILES string of the molecule is CCc1nc(Cl)c(C)c(-c2ccccn2)n1. The molecule has 2 aromatic heterocycles. The van der Waals surface area contributed by atoms with E-state index < -0.39 is 0 Å². The summed E-state index contributed by atoms with van der Waals surface area (Å²) in [6.45, 7) is 3.91. The Balaban J connectivity index is 2.60. The van der Waals surface area contributed by atoms with Crippen LogP contribution in [0.15, 0.2) is 24.4 Å². The standard InChI is InChI=1S/C12H12ClN3/c1-3-10-15-11(8(2)12(13)16-10)9-6-4-5-7-14-9/h4-7H,3H2,1-2H3. The number of nitrogens with zero attached hydrogens (tertiary/aromatic N) is 3. The Morgan fingerprint density at radius 1 is 1.25 bits per heavy atom. The lowest BCUT2D eigenvalue weighted by Gasteiger charge is -2.07. The van der Waals surface area contributed by atoms with Gasteiger partial charge in [-0.15, -0.1) is 0 Å². The Morgan fingerprint density at radius 2 is 2.06 bits per heavy atom. The lowest BCUT2D eigenvalue weighted by Crippen LogP contribution is -2.00. The molecule has 2 heterocycles. The summed E-state index contributed by atoms with van der Waals surface area (Å²) in [5, 5.41) is 0.507. The van der Waals surface area contributed by atoms with Crippen molar-refractivity contribution in [1.29, 1.82) is 0 Å². The monoisotopic (exact) mass is 233 g/mol. The number of hydrogen-bond donors (Lipinski definition) is 0. The molecule has 0 saturated carbocycles. The number of rotatable bonds is 2. The van der Waals surface area contributed by atoms with Crippen LogP contribution >= 0.6 is 11.6 Å². The van der Waals surface area contributed by atoms with Gasteiger partial charge >= 0.3 is 0 Å². The fourth-order valence-corrected chi connectivity index (χ4v) is 1.63. The normalized spacial score (nSPS) is 10.4. The van der Waals surface area contributed by atoms with Gasteiger partial charge in [-0.05, 0) is 19.1 Å². The zero-order valence-electron chi connectivity index (χ0n) is 9.24. The van der Waals surface area contributed by atoms with E-state index in [0.29, 0.717) is 5.15 Å². The highest BCUT2D eigenvalue weighted by atomic mass is 35.5. The molecule has 0 aliphatic heterocycles. The smallest absolute Gasteiger partial charge is 0.136 e. The van der Waals surface area contributed by atoms with Crippen LogP contribution in [0.25, 0.3) is 11.4 Å². The summed E-state index contributed by atoms with van der Waals surface area (Å²) in [5.41, 5.74) is 2.52. The van der Waals surface area contributed by atoms with Crippen LogP contribution < -0.4 is 0 Å². The van der Waals surface area contributed by atoms with E-state index in [2.05, 4.69) is 15.0 Å². The van der Waals surface area contributed by atoms with E-state index in [4.69, 9.17) is 11.6 Å². The second-order valence-electron chi connectivity index (χ2n) is 3.47. The summed E-state index contributed by atoms with van der Waals surface area (Å²) in [4.78, 5) is 12.9. The van der Waals surface area contributed by atoms with Crippen molar-refractivity contribution in [2.45, 2.75) is 20.3 Å². The summed E-state index contributed by atoms with van der Waals surface area (Å²) in [6, 6.07) is 5.73. The predicted octanol–water partition coefficient (Wildman–Crippen LogP) is 3.06. The minimum absolute atomic E-state index is 0.507. The lowest BCUT2D eigenvalue weighted by atomic mass is 10.2. The van der Waals surface area contributed by atoms with Crippen molar-refractivity contribution in [3.8, 4) is 11.4 Å². The van der Waals surface area contributed by atoms with Crippen LogP contribution in [0, 0.1) is 6.92 Å². The molecule has 0 bridgehead atoms. The third-order valence-corrected chi connectivity index (χ3v) is 2.72. The number of aromatic nitrogens is 3. The molecule has 2 aromatic rings. The molecule has 0 aliphatic rings. The van der Waals surface area contributed by atoms with E-state index in [9.17, 15) is 0 Å². The van der Waals surface area contributed by atoms with E-state index in [0.717, 1.165) is 29.2 Å². The van der Waals surface area contributed by atoms with Crippen molar-refractivity contribution in [2.24, 2.45) is 0 Å². The molecule has 16 heavy (non-hydrogen) atoms. The maximum atomic E-state index is 6.07. The van der Waals surface area contributed by atoms with Crippen molar-refractivity contribution in [3.63, 3.8) is 0 Å². The maximum absolute atomic E-state index is 6.07. The molecule has 3 nitrogen and oxygen atoms in total. The maximum Gasteiger partial charge on any atom is 0.136 e. The van der Waals surface area contributed by atoms with E-state index in [1.807, 2.05) is 32.0 Å². The molecule has 2 rings (SSSR count). The summed E-state index contributed by atoms with van der Waals surface area (Å²) < 4.78 is 0. The minimum Gasteiger partial charge on any atom is -0.255 e. The van der Waals surface area contributed by atoms with E-state index in [1.54, 1.807) is 6.20 Å². The third kappa shape index (κ3) is 2.04. The van der Waals surface area contributed by atoms with E-state index >= 15 is 0 Å². The Hall–Kier alpha value is -1.48. The largest absolute Gasteiger partial charge is 0.255 e. The van der Waals surface area contributed by atoms with Crippen molar-refractivity contribution < 1.29 is 0 Å². The fourth-order valence-electron chi connectivity index (χ4n) is 1.44. The van der Waals surface area contributed by atoms with Gasteiger partial charge in [0.1, 0.15) is 11.0 Å². The van der Waals surface area contributed by atoms with Gasteiger partial charge in [0, 0.05) is 18.2 Å². The summed E-state index contributed by atoms with van der Waals surface area (Å²) in [5.74, 6) is 0.747. The average molecular weight is 234 g/mol. The fraction of sp³-hybridized carbons (Fsp3) is 0.250. The van der Waals surface area contributed by atoms with Crippen molar-refractivity contribution in [2.75, 3.05) is 0 Å². The average Bonchev–Trinajstić information content (AvgIpc) is 2.33. The molecule has 0 amide bonds. The predicted molar refractivity (Wildman–Crippen MR) is 64.4 cm³/mol. The summed E-state index contributed by atoms with van der Waals surface area (Å²) in [6.07, 6.45) is 2.51. The van der Waals surface area contributed by atoms with Crippen LogP contribution in [-0.2, 0) is 6.42 Å². The Labute approximate surface area is 99.5 Å². The lowest BCUT2D eigenvalue weighted by molar-refractivity contribution is 0.931. The Bertz CT molecular complexity index is 497. The summed E-state index contributed by atoms with van der Waals surface area (Å²) >= 11 is 6.07. The molecule has 0 aliphatic carbocycles. The number of hydrogen-bond acceptors (Lipinski definition) is 3. The number of pyridine rings is 1. The van der Waals surface area contributed by atoms with Gasteiger partial charge in [0.25, 0.3) is 0 Å². The number of halogens is 1. The van der Waals surface area contributed by atoms with Crippen molar-refractivity contribution in [3.05, 3.63) is 40.9 Å². The molecular weight excluding hydrogens is 222 g/mol. The zero-order valence-corrected chi connectivity index (χ0v) is 9.99. The molecule has 4 heteroatoms. The van der Waals surface area contributed by atoms with E-state index in [1.165, 1.54) is 0 Å². The molecular formula is C12H12ClN3. The highest BCUT2D eigenvalue weighted by Gasteiger charge is 2.10. The Kier molecular flexibility index (Phi) is 3.15. The van der Waals surface area contributed by atoms with E-state index in [-0.39, 0.29) is 0 Å². The molecule has 0 atom stereocenters. The van der Waals surface area contributed by atoms with Gasteiger partial charge in [0.2, 0.25) is 0 Å². The quantitative estimate of drug-likeness (QED) is 0.749. The highest BCUT2D eigenvalue weighted by molar-refractivity contribution is 6.30. The minimum atomic E-state index is 0.507. The second kappa shape index (κ2) is 4.58. The molecule has 0 aromatic carbocycles. The molecule has 0 fully saturated rings. The van der Waals surface area contributed by atoms with Gasteiger partial charge < -0.3 is 0 Å². The van der Waals surface area contributed by atoms with Crippen LogP contribution in [0.4, 0.5) is 0 Å². The first-order valence-corrected chi connectivity index (χ1v) is 5.54. The zero-order chi connectivity index (χ0) is 11.5. The van der Waals surface area contributed by atoms with Gasteiger partial charge in [-0.25, -0.2) is 9.97 Å². The second-order valence-corrected chi connectivity index (χ2v) is 3.83. The van der Waals surface area contributed by atoms with Crippen LogP contribution in [0.3, 0.4) is 0 Å². The van der Waals surface area contributed by atoms with Gasteiger partial charge in [-0.1, -0.05) is 24.6 Å². The molecule has 0 saturated heterocycles. The number of aryl methyl sites for hydroxylation is 1. The van der Waals surface area contributed by atoms with Crippen LogP contribution in [-0.4, -0.2) is 15.0 Å². The van der Waals surface area contributed by atoms with Gasteiger partial charge in [-0.2, -0.15) is 0 Å². The van der Waals surface area contributed by atoms with Gasteiger partial charge in [0.15, 0.2) is 0 Å². The molecule has 0 unspecified atom stereocenters. The molecule has 0 spiro atoms. The van der Waals surface area contributed by atoms with Gasteiger partial charge in [0.05, 0.1) is 11.4 Å². The van der Waals surface area contributed by atoms with Crippen LogP contribution in [0.5, 0.6) is 0 Å². The summed E-state index contributed by atoms with van der Waals surface area (Å²) in [7, 11) is 0. The highest BCUT2D eigenvalue weighted by Crippen LogP contribution is 2.23. The Morgan fingerprint density at radius 3 is 2.69 bits per heavy atom. The third-order valence-electron chi connectivity index (χ3n) is 2.36. The van der Waals surface area contributed by atoms with Gasteiger partial charge in [-0.3, -0.25) is 4.98 Å². The molecule has 0 radical (unpaired) electrons. The van der Waals surface area contributed by atoms with Crippen molar-refractivity contribution >= 4 is 11.6 Å². The van der Waals surface area contributed by atoms with Crippen LogP contribution in [0.2, 0.25) is 5.15 Å². The molecule has 82 valence electrons. The van der Waals surface area contributed by atoms with Crippen molar-refractivity contribution in [1.82, 2.24) is 15.0 Å². The first-order chi connectivity index (χ1) is 7.72.